The van der Waals surface area contributed by atoms with Crippen LogP contribution in [-0.2, 0) is 14.8 Å². The first-order valence-electron chi connectivity index (χ1n) is 6.80. The molecule has 1 N–H and O–H groups in total. The summed E-state index contributed by atoms with van der Waals surface area (Å²) < 4.78 is 26.0. The average Bonchev–Trinajstić information content (AvgIpc) is 3.16. The van der Waals surface area contributed by atoms with Gasteiger partial charge in [0, 0.05) is 23.5 Å². The van der Waals surface area contributed by atoms with Gasteiger partial charge in [-0.3, -0.25) is 9.10 Å². The molecule has 1 amide bonds. The molecule has 2 rings (SSSR count). The second-order valence-corrected chi connectivity index (χ2v) is 8.12. The number of hydrogen-bond acceptors (Lipinski definition) is 3. The third kappa shape index (κ3) is 4.71. The number of anilines is 1. The third-order valence-electron chi connectivity index (χ3n) is 3.33. The van der Waals surface area contributed by atoms with Crippen LogP contribution >= 0.6 is 15.9 Å². The maximum atomic E-state index is 12.0. The minimum absolute atomic E-state index is 0.0997. The number of rotatable bonds is 6. The number of amides is 1. The van der Waals surface area contributed by atoms with Crippen molar-refractivity contribution in [3.63, 3.8) is 0 Å². The fourth-order valence-electron chi connectivity index (χ4n) is 1.95. The Morgan fingerprint density at radius 3 is 2.62 bits per heavy atom. The smallest absolute Gasteiger partial charge is 0.232 e. The predicted octanol–water partition coefficient (Wildman–Crippen LogP) is 2.19. The van der Waals surface area contributed by atoms with Crippen LogP contribution in [0.4, 0.5) is 5.69 Å². The van der Waals surface area contributed by atoms with Crippen molar-refractivity contribution in [1.82, 2.24) is 5.32 Å². The Morgan fingerprint density at radius 2 is 2.10 bits per heavy atom. The Balaban J connectivity index is 2.10. The first-order valence-corrected chi connectivity index (χ1v) is 9.45. The highest BCUT2D eigenvalue weighted by Crippen LogP contribution is 2.25. The summed E-state index contributed by atoms with van der Waals surface area (Å²) in [4.78, 5) is 11.7. The second kappa shape index (κ2) is 6.36. The lowest BCUT2D eigenvalue weighted by Gasteiger charge is -2.22. The zero-order valence-electron chi connectivity index (χ0n) is 12.1. The zero-order valence-corrected chi connectivity index (χ0v) is 14.5. The van der Waals surface area contributed by atoms with E-state index in [4.69, 9.17) is 0 Å². The topological polar surface area (TPSA) is 66.5 Å². The molecule has 5 nitrogen and oxygen atoms in total. The number of sulfonamides is 1. The first-order chi connectivity index (χ1) is 9.77. The lowest BCUT2D eigenvalue weighted by Crippen LogP contribution is -2.35. The number of nitrogens with zero attached hydrogens (tertiary/aromatic N) is 1. The Hall–Kier alpha value is -1.08. The van der Waals surface area contributed by atoms with E-state index in [1.807, 2.05) is 13.0 Å². The van der Waals surface area contributed by atoms with Gasteiger partial charge in [-0.1, -0.05) is 22.0 Å². The summed E-state index contributed by atoms with van der Waals surface area (Å²) in [5.41, 5.74) is 1.59. The van der Waals surface area contributed by atoms with Gasteiger partial charge >= 0.3 is 0 Å². The highest BCUT2D eigenvalue weighted by atomic mass is 79.9. The van der Waals surface area contributed by atoms with Crippen LogP contribution in [0.5, 0.6) is 0 Å². The van der Waals surface area contributed by atoms with E-state index in [1.165, 1.54) is 4.31 Å². The Morgan fingerprint density at radius 1 is 1.43 bits per heavy atom. The van der Waals surface area contributed by atoms with E-state index in [2.05, 4.69) is 21.2 Å². The summed E-state index contributed by atoms with van der Waals surface area (Å²) in [5.74, 6) is -0.0997. The lowest BCUT2D eigenvalue weighted by molar-refractivity contribution is -0.121. The highest BCUT2D eigenvalue weighted by molar-refractivity contribution is 9.10. The molecule has 1 fully saturated rings. The number of halogens is 1. The molecule has 1 aromatic rings. The van der Waals surface area contributed by atoms with Crippen molar-refractivity contribution in [2.75, 3.05) is 17.1 Å². The molecule has 0 atom stereocenters. The van der Waals surface area contributed by atoms with Crippen LogP contribution < -0.4 is 9.62 Å². The molecule has 1 saturated carbocycles. The van der Waals surface area contributed by atoms with Crippen LogP contribution in [0.3, 0.4) is 0 Å². The van der Waals surface area contributed by atoms with Crippen LogP contribution in [-0.4, -0.2) is 33.2 Å². The van der Waals surface area contributed by atoms with E-state index in [-0.39, 0.29) is 24.9 Å². The number of hydrogen-bond donors (Lipinski definition) is 1. The van der Waals surface area contributed by atoms with Gasteiger partial charge in [-0.05, 0) is 37.5 Å². The van der Waals surface area contributed by atoms with Crippen molar-refractivity contribution >= 4 is 37.5 Å². The van der Waals surface area contributed by atoms with Gasteiger partial charge in [-0.25, -0.2) is 8.42 Å². The van der Waals surface area contributed by atoms with Crippen molar-refractivity contribution in [3.05, 3.63) is 28.2 Å². The molecule has 1 aromatic carbocycles. The van der Waals surface area contributed by atoms with Gasteiger partial charge in [-0.2, -0.15) is 0 Å². The number of carbonyl (C=O) groups is 1. The summed E-state index contributed by atoms with van der Waals surface area (Å²) in [6.45, 7) is 2.08. The monoisotopic (exact) mass is 374 g/mol. The minimum Gasteiger partial charge on any atom is -0.353 e. The zero-order chi connectivity index (χ0) is 15.6. The molecular weight excluding hydrogens is 356 g/mol. The molecule has 7 heteroatoms. The molecule has 0 aliphatic heterocycles. The van der Waals surface area contributed by atoms with Crippen LogP contribution in [0.2, 0.25) is 0 Å². The number of nitrogens with one attached hydrogen (secondary N) is 1. The van der Waals surface area contributed by atoms with E-state index in [1.54, 1.807) is 12.1 Å². The Kier molecular flexibility index (Phi) is 4.93. The molecule has 1 aliphatic rings. The van der Waals surface area contributed by atoms with Gasteiger partial charge in [-0.15, -0.1) is 0 Å². The maximum Gasteiger partial charge on any atom is 0.232 e. The first kappa shape index (κ1) is 16.3. The molecule has 0 unspecified atom stereocenters. The molecule has 0 aromatic heterocycles. The fourth-order valence-corrected chi connectivity index (χ4v) is 3.24. The largest absolute Gasteiger partial charge is 0.353 e. The van der Waals surface area contributed by atoms with E-state index < -0.39 is 10.0 Å². The van der Waals surface area contributed by atoms with Crippen LogP contribution in [0.25, 0.3) is 0 Å². The maximum absolute atomic E-state index is 12.0. The average molecular weight is 375 g/mol. The minimum atomic E-state index is -3.42. The van der Waals surface area contributed by atoms with Crippen LogP contribution in [0.15, 0.2) is 22.7 Å². The summed E-state index contributed by atoms with van der Waals surface area (Å²) in [5, 5.41) is 2.86. The summed E-state index contributed by atoms with van der Waals surface area (Å²) in [6.07, 6.45) is 3.35. The summed E-state index contributed by atoms with van der Waals surface area (Å²) in [6, 6.07) is 5.65. The SMILES string of the molecule is Cc1ccc(N(CCC(=O)NC2CC2)S(C)(=O)=O)cc1Br. The van der Waals surface area contributed by atoms with Crippen LogP contribution in [0.1, 0.15) is 24.8 Å². The molecule has 21 heavy (non-hydrogen) atoms. The summed E-state index contributed by atoms with van der Waals surface area (Å²) >= 11 is 3.40. The number of carbonyl (C=O) groups excluding carboxylic acids is 1. The van der Waals surface area contributed by atoms with Crippen molar-refractivity contribution in [2.45, 2.75) is 32.2 Å². The van der Waals surface area contributed by atoms with E-state index in [0.717, 1.165) is 29.1 Å². The standard InChI is InChI=1S/C14H19BrN2O3S/c1-10-3-6-12(9-13(10)15)17(21(2,19)20)8-7-14(18)16-11-4-5-11/h3,6,9,11H,4-5,7-8H2,1-2H3,(H,16,18). The van der Waals surface area contributed by atoms with E-state index in [0.29, 0.717) is 5.69 Å². The van der Waals surface area contributed by atoms with Gasteiger partial charge in [0.25, 0.3) is 0 Å². The lowest BCUT2D eigenvalue weighted by atomic mass is 10.2. The van der Waals surface area contributed by atoms with Gasteiger partial charge in [0.15, 0.2) is 0 Å². The second-order valence-electron chi connectivity index (χ2n) is 5.36. The molecule has 0 saturated heterocycles. The van der Waals surface area contributed by atoms with Crippen molar-refractivity contribution in [1.29, 1.82) is 0 Å². The third-order valence-corrected chi connectivity index (χ3v) is 5.38. The molecule has 0 bridgehead atoms. The van der Waals surface area contributed by atoms with Gasteiger partial charge in [0.1, 0.15) is 0 Å². The molecule has 116 valence electrons. The van der Waals surface area contributed by atoms with Gasteiger partial charge in [0.05, 0.1) is 11.9 Å². The molecule has 0 radical (unpaired) electrons. The number of aryl methyl sites for hydroxylation is 1. The van der Waals surface area contributed by atoms with Gasteiger partial charge < -0.3 is 5.32 Å². The van der Waals surface area contributed by atoms with Crippen LogP contribution in [0, 0.1) is 6.92 Å². The van der Waals surface area contributed by atoms with Gasteiger partial charge in [0.2, 0.25) is 15.9 Å². The molecular formula is C14H19BrN2O3S. The van der Waals surface area contributed by atoms with Crippen molar-refractivity contribution in [3.8, 4) is 0 Å². The predicted molar refractivity (Wildman–Crippen MR) is 86.9 cm³/mol. The highest BCUT2D eigenvalue weighted by Gasteiger charge is 2.24. The number of benzene rings is 1. The Labute approximate surface area is 133 Å². The summed E-state index contributed by atoms with van der Waals surface area (Å²) in [7, 11) is -3.42. The fraction of sp³-hybridized carbons (Fsp3) is 0.500. The van der Waals surface area contributed by atoms with Crippen molar-refractivity contribution < 1.29 is 13.2 Å². The molecule has 0 spiro atoms. The quantitative estimate of drug-likeness (QED) is 0.829. The Bertz CT molecular complexity index is 642. The molecule has 0 heterocycles. The van der Waals surface area contributed by atoms with E-state index in [9.17, 15) is 13.2 Å². The van der Waals surface area contributed by atoms with Crippen molar-refractivity contribution in [2.24, 2.45) is 0 Å². The van der Waals surface area contributed by atoms with E-state index >= 15 is 0 Å². The molecule has 1 aliphatic carbocycles. The normalized spacial score (nSPS) is 14.8.